The van der Waals surface area contributed by atoms with Crippen LogP contribution in [0.5, 0.6) is 0 Å². The number of ether oxygens (including phenoxy) is 1. The third-order valence-electron chi connectivity index (χ3n) is 4.14. The number of amides is 1. The molecular weight excluding hydrogens is 340 g/mol. The molecule has 1 saturated heterocycles. The zero-order valence-corrected chi connectivity index (χ0v) is 15.3. The second-order valence-corrected chi connectivity index (χ2v) is 6.94. The summed E-state index contributed by atoms with van der Waals surface area (Å²) in [6.45, 7) is 6.10. The van der Waals surface area contributed by atoms with E-state index in [2.05, 4.69) is 20.1 Å². The van der Waals surface area contributed by atoms with Crippen LogP contribution in [0.15, 0.2) is 28.2 Å². The SMILES string of the molecule is COCCNC(=O)CN1CCN(Cc2nc(-c3ccco3)cs2)CC1. The molecule has 0 spiro atoms. The molecule has 0 aliphatic carbocycles. The van der Waals surface area contributed by atoms with Crippen LogP contribution < -0.4 is 5.32 Å². The number of methoxy groups -OCH3 is 1. The fourth-order valence-electron chi connectivity index (χ4n) is 2.77. The van der Waals surface area contributed by atoms with E-state index in [1.54, 1.807) is 24.7 Å². The number of furan rings is 1. The molecule has 0 bridgehead atoms. The van der Waals surface area contributed by atoms with Gasteiger partial charge in [-0.05, 0) is 12.1 Å². The zero-order valence-electron chi connectivity index (χ0n) is 14.4. The van der Waals surface area contributed by atoms with Gasteiger partial charge in [0.25, 0.3) is 0 Å². The van der Waals surface area contributed by atoms with E-state index >= 15 is 0 Å². The minimum Gasteiger partial charge on any atom is -0.463 e. The van der Waals surface area contributed by atoms with Gasteiger partial charge in [0.15, 0.2) is 5.76 Å². The average Bonchev–Trinajstić information content (AvgIpc) is 3.28. The van der Waals surface area contributed by atoms with Gasteiger partial charge in [0.1, 0.15) is 10.7 Å². The van der Waals surface area contributed by atoms with Crippen LogP contribution in [0, 0.1) is 0 Å². The van der Waals surface area contributed by atoms with Crippen LogP contribution >= 0.6 is 11.3 Å². The lowest BCUT2D eigenvalue weighted by Crippen LogP contribution is -2.49. The van der Waals surface area contributed by atoms with E-state index in [0.29, 0.717) is 19.7 Å². The lowest BCUT2D eigenvalue weighted by atomic mass is 10.3. The molecule has 0 radical (unpaired) electrons. The number of piperazine rings is 1. The summed E-state index contributed by atoms with van der Waals surface area (Å²) in [6.07, 6.45) is 1.67. The van der Waals surface area contributed by atoms with Gasteiger partial charge in [0.2, 0.25) is 5.91 Å². The number of nitrogens with zero attached hydrogens (tertiary/aromatic N) is 3. The summed E-state index contributed by atoms with van der Waals surface area (Å²) in [7, 11) is 1.63. The molecule has 1 amide bonds. The van der Waals surface area contributed by atoms with Crippen LogP contribution in [0.25, 0.3) is 11.5 Å². The number of carbonyl (C=O) groups excluding carboxylic acids is 1. The number of thiazole rings is 1. The normalized spacial score (nSPS) is 16.2. The lowest BCUT2D eigenvalue weighted by Gasteiger charge is -2.33. The first-order chi connectivity index (χ1) is 12.2. The van der Waals surface area contributed by atoms with Crippen molar-refractivity contribution in [2.75, 3.05) is 53.0 Å². The molecule has 1 aliphatic heterocycles. The first kappa shape index (κ1) is 18.1. The van der Waals surface area contributed by atoms with Crippen molar-refractivity contribution in [3.63, 3.8) is 0 Å². The highest BCUT2D eigenvalue weighted by Crippen LogP contribution is 2.23. The highest BCUT2D eigenvalue weighted by atomic mass is 32.1. The van der Waals surface area contributed by atoms with Gasteiger partial charge < -0.3 is 14.5 Å². The molecule has 1 aliphatic rings. The minimum atomic E-state index is 0.0634. The smallest absolute Gasteiger partial charge is 0.234 e. The average molecular weight is 364 g/mol. The molecule has 7 nitrogen and oxygen atoms in total. The van der Waals surface area contributed by atoms with Gasteiger partial charge in [-0.1, -0.05) is 0 Å². The largest absolute Gasteiger partial charge is 0.463 e. The molecule has 0 saturated carbocycles. The van der Waals surface area contributed by atoms with E-state index in [1.165, 1.54) is 0 Å². The molecule has 0 unspecified atom stereocenters. The van der Waals surface area contributed by atoms with E-state index in [-0.39, 0.29) is 5.91 Å². The summed E-state index contributed by atoms with van der Waals surface area (Å²) in [6, 6.07) is 3.80. The van der Waals surface area contributed by atoms with Crippen LogP contribution in [-0.2, 0) is 16.1 Å². The fraction of sp³-hybridized carbons (Fsp3) is 0.529. The number of hydrogen-bond donors (Lipinski definition) is 1. The second-order valence-electron chi connectivity index (χ2n) is 6.00. The van der Waals surface area contributed by atoms with Gasteiger partial charge >= 0.3 is 0 Å². The second kappa shape index (κ2) is 9.10. The topological polar surface area (TPSA) is 70.8 Å². The molecule has 1 N–H and O–H groups in total. The van der Waals surface area contributed by atoms with Gasteiger partial charge in [-0.15, -0.1) is 11.3 Å². The summed E-state index contributed by atoms with van der Waals surface area (Å²) < 4.78 is 10.3. The van der Waals surface area contributed by atoms with E-state index in [0.717, 1.165) is 49.2 Å². The predicted octanol–water partition coefficient (Wildman–Crippen LogP) is 1.28. The molecular formula is C17H24N4O3S. The van der Waals surface area contributed by atoms with E-state index in [1.807, 2.05) is 17.5 Å². The maximum atomic E-state index is 11.8. The van der Waals surface area contributed by atoms with Crippen LogP contribution in [0.4, 0.5) is 0 Å². The van der Waals surface area contributed by atoms with Gasteiger partial charge in [-0.2, -0.15) is 0 Å². The molecule has 2 aromatic rings. The Morgan fingerprint density at radius 3 is 2.88 bits per heavy atom. The minimum absolute atomic E-state index is 0.0634. The molecule has 25 heavy (non-hydrogen) atoms. The van der Waals surface area contributed by atoms with E-state index < -0.39 is 0 Å². The van der Waals surface area contributed by atoms with E-state index in [9.17, 15) is 4.79 Å². The van der Waals surface area contributed by atoms with Crippen LogP contribution in [0.1, 0.15) is 5.01 Å². The molecule has 0 aromatic carbocycles. The highest BCUT2D eigenvalue weighted by molar-refractivity contribution is 7.09. The maximum Gasteiger partial charge on any atom is 0.234 e. The third kappa shape index (κ3) is 5.37. The highest BCUT2D eigenvalue weighted by Gasteiger charge is 2.20. The Hall–Kier alpha value is -1.74. The Bertz CT molecular complexity index is 651. The standard InChI is InChI=1S/C17H24N4O3S/c1-23-10-4-18-16(22)11-20-5-7-21(8-6-20)12-17-19-14(13-25-17)15-3-2-9-24-15/h2-3,9,13H,4-8,10-12H2,1H3,(H,18,22). The first-order valence-electron chi connectivity index (χ1n) is 8.43. The molecule has 8 heteroatoms. The van der Waals surface area contributed by atoms with Crippen molar-refractivity contribution in [1.82, 2.24) is 20.1 Å². The van der Waals surface area contributed by atoms with Crippen molar-refractivity contribution < 1.29 is 13.9 Å². The van der Waals surface area contributed by atoms with Crippen molar-refractivity contribution in [2.45, 2.75) is 6.54 Å². The predicted molar refractivity (Wildman–Crippen MR) is 96.4 cm³/mol. The summed E-state index contributed by atoms with van der Waals surface area (Å²) in [4.78, 5) is 21.1. The Morgan fingerprint density at radius 2 is 2.16 bits per heavy atom. The fourth-order valence-corrected chi connectivity index (χ4v) is 3.59. The Balaban J connectivity index is 1.40. The molecule has 3 rings (SSSR count). The summed E-state index contributed by atoms with van der Waals surface area (Å²) >= 11 is 1.66. The van der Waals surface area contributed by atoms with Crippen LogP contribution in [-0.4, -0.2) is 73.7 Å². The van der Waals surface area contributed by atoms with Crippen molar-refractivity contribution in [2.24, 2.45) is 0 Å². The molecule has 1 fully saturated rings. The van der Waals surface area contributed by atoms with Crippen molar-refractivity contribution in [3.05, 3.63) is 28.8 Å². The number of rotatable bonds is 8. The Kier molecular flexibility index (Phi) is 6.57. The maximum absolute atomic E-state index is 11.8. The molecule has 3 heterocycles. The van der Waals surface area contributed by atoms with Gasteiger partial charge in [-0.3, -0.25) is 14.6 Å². The quantitative estimate of drug-likeness (QED) is 0.712. The Morgan fingerprint density at radius 1 is 1.36 bits per heavy atom. The van der Waals surface area contributed by atoms with Gasteiger partial charge in [-0.25, -0.2) is 4.98 Å². The first-order valence-corrected chi connectivity index (χ1v) is 9.31. The number of carbonyl (C=O) groups is 1. The molecule has 2 aromatic heterocycles. The third-order valence-corrected chi connectivity index (χ3v) is 4.98. The van der Waals surface area contributed by atoms with Gasteiger partial charge in [0.05, 0.1) is 26.0 Å². The Labute approximate surface area is 151 Å². The van der Waals surface area contributed by atoms with E-state index in [4.69, 9.17) is 9.15 Å². The van der Waals surface area contributed by atoms with Crippen LogP contribution in [0.2, 0.25) is 0 Å². The number of hydrogen-bond acceptors (Lipinski definition) is 7. The summed E-state index contributed by atoms with van der Waals surface area (Å²) in [5, 5.41) is 5.99. The van der Waals surface area contributed by atoms with Crippen molar-refractivity contribution in [1.29, 1.82) is 0 Å². The summed E-state index contributed by atoms with van der Waals surface area (Å²) in [5.41, 5.74) is 0.899. The molecule has 0 atom stereocenters. The number of nitrogens with one attached hydrogen (secondary N) is 1. The van der Waals surface area contributed by atoms with Crippen molar-refractivity contribution in [3.8, 4) is 11.5 Å². The van der Waals surface area contributed by atoms with Gasteiger partial charge in [0, 0.05) is 45.2 Å². The summed E-state index contributed by atoms with van der Waals surface area (Å²) in [5.74, 6) is 0.875. The zero-order chi connectivity index (χ0) is 17.5. The monoisotopic (exact) mass is 364 g/mol. The number of aromatic nitrogens is 1. The van der Waals surface area contributed by atoms with Crippen molar-refractivity contribution >= 4 is 17.2 Å². The van der Waals surface area contributed by atoms with Crippen LogP contribution in [0.3, 0.4) is 0 Å². The lowest BCUT2D eigenvalue weighted by molar-refractivity contribution is -0.122. The molecule has 136 valence electrons.